The monoisotopic (exact) mass is 261 g/mol. The number of hydrogen-bond acceptors (Lipinski definition) is 3. The largest absolute Gasteiger partial charge is 0.399 e. The van der Waals surface area contributed by atoms with Crippen LogP contribution in [0.15, 0.2) is 18.2 Å². The molecule has 0 fully saturated rings. The number of aliphatic hydroxyl groups excluding tert-OH is 1. The summed E-state index contributed by atoms with van der Waals surface area (Å²) in [5, 5.41) is 9.39. The highest BCUT2D eigenvalue weighted by molar-refractivity contribution is 5.79. The fourth-order valence-electron chi connectivity index (χ4n) is 2.43. The van der Waals surface area contributed by atoms with E-state index in [4.69, 9.17) is 10.7 Å². The molecule has 3 N–H and O–H groups in total. The lowest BCUT2D eigenvalue weighted by atomic mass is 10.0. The predicted molar refractivity (Wildman–Crippen MR) is 79.1 cm³/mol. The van der Waals surface area contributed by atoms with Gasteiger partial charge in [-0.1, -0.05) is 13.8 Å². The minimum atomic E-state index is 0.182. The zero-order chi connectivity index (χ0) is 14.0. The third-order valence-electron chi connectivity index (χ3n) is 3.78. The number of fused-ring (bicyclic) bond motifs is 1. The van der Waals surface area contributed by atoms with E-state index in [2.05, 4.69) is 25.3 Å². The highest BCUT2D eigenvalue weighted by atomic mass is 16.3. The Morgan fingerprint density at radius 1 is 1.37 bits per heavy atom. The van der Waals surface area contributed by atoms with Crippen LogP contribution >= 0.6 is 0 Å². The Morgan fingerprint density at radius 3 is 2.74 bits per heavy atom. The number of nitrogens with zero attached hydrogens (tertiary/aromatic N) is 2. The van der Waals surface area contributed by atoms with Crippen molar-refractivity contribution in [3.05, 3.63) is 24.0 Å². The summed E-state index contributed by atoms with van der Waals surface area (Å²) in [5.74, 6) is 1.28. The van der Waals surface area contributed by atoms with Gasteiger partial charge in [0, 0.05) is 24.8 Å². The molecule has 4 heteroatoms. The van der Waals surface area contributed by atoms with Gasteiger partial charge in [0.15, 0.2) is 0 Å². The Morgan fingerprint density at radius 2 is 2.11 bits per heavy atom. The first-order valence-corrected chi connectivity index (χ1v) is 6.95. The molecule has 1 heterocycles. The van der Waals surface area contributed by atoms with Crippen molar-refractivity contribution in [2.45, 2.75) is 39.7 Å². The fraction of sp³-hybridized carbons (Fsp3) is 0.533. The van der Waals surface area contributed by atoms with Crippen LogP contribution in [0.1, 0.15) is 39.1 Å². The summed E-state index contributed by atoms with van der Waals surface area (Å²) in [7, 11) is 0. The van der Waals surface area contributed by atoms with Crippen LogP contribution in [0.5, 0.6) is 0 Å². The summed E-state index contributed by atoms with van der Waals surface area (Å²) < 4.78 is 2.25. The van der Waals surface area contributed by atoms with Gasteiger partial charge < -0.3 is 15.4 Å². The molecule has 2 rings (SSSR count). The molecule has 1 aromatic heterocycles. The lowest BCUT2D eigenvalue weighted by molar-refractivity contribution is 0.197. The van der Waals surface area contributed by atoms with E-state index in [-0.39, 0.29) is 18.6 Å². The normalized spacial score (nSPS) is 14.7. The Bertz CT molecular complexity index is 562. The van der Waals surface area contributed by atoms with Crippen LogP contribution in [-0.2, 0) is 6.42 Å². The smallest absolute Gasteiger partial charge is 0.110 e. The molecule has 2 aromatic rings. The van der Waals surface area contributed by atoms with E-state index in [0.29, 0.717) is 0 Å². The maximum Gasteiger partial charge on any atom is 0.110 e. The average molecular weight is 261 g/mol. The number of nitrogens with two attached hydrogens (primary N) is 1. The van der Waals surface area contributed by atoms with Crippen molar-refractivity contribution >= 4 is 16.7 Å². The minimum Gasteiger partial charge on any atom is -0.399 e. The van der Waals surface area contributed by atoms with E-state index in [9.17, 15) is 5.11 Å². The highest BCUT2D eigenvalue weighted by Gasteiger charge is 2.19. The number of rotatable bonds is 5. The third-order valence-corrected chi connectivity index (χ3v) is 3.78. The molecule has 0 radical (unpaired) electrons. The number of aromatic nitrogens is 2. The number of hydrogen-bond donors (Lipinski definition) is 2. The molecule has 0 spiro atoms. The fourth-order valence-corrected chi connectivity index (χ4v) is 2.43. The topological polar surface area (TPSA) is 64.1 Å². The molecule has 0 aliphatic heterocycles. The standard InChI is InChI=1S/C15H23N3O/c1-4-5-15-17-13-8-12(16)6-7-14(13)18(15)11(3)10(2)9-19/h6-8,10-11,19H,4-5,9,16H2,1-3H3. The number of anilines is 1. The molecule has 19 heavy (non-hydrogen) atoms. The molecule has 0 amide bonds. The molecule has 0 saturated heterocycles. The van der Waals surface area contributed by atoms with Crippen molar-refractivity contribution in [3.63, 3.8) is 0 Å². The molecule has 104 valence electrons. The van der Waals surface area contributed by atoms with E-state index in [1.54, 1.807) is 0 Å². The molecule has 0 bridgehead atoms. The first-order valence-electron chi connectivity index (χ1n) is 6.95. The van der Waals surface area contributed by atoms with Gasteiger partial charge in [0.05, 0.1) is 11.0 Å². The van der Waals surface area contributed by atoms with Crippen LogP contribution < -0.4 is 5.73 Å². The van der Waals surface area contributed by atoms with Crippen LogP contribution in [0.25, 0.3) is 11.0 Å². The van der Waals surface area contributed by atoms with Gasteiger partial charge in [-0.15, -0.1) is 0 Å². The third kappa shape index (κ3) is 2.59. The lowest BCUT2D eigenvalue weighted by Crippen LogP contribution is -2.19. The van der Waals surface area contributed by atoms with Gasteiger partial charge >= 0.3 is 0 Å². The Labute approximate surface area is 114 Å². The molecule has 2 unspecified atom stereocenters. The van der Waals surface area contributed by atoms with E-state index in [1.807, 2.05) is 18.2 Å². The van der Waals surface area contributed by atoms with E-state index >= 15 is 0 Å². The molecule has 0 aliphatic carbocycles. The van der Waals surface area contributed by atoms with Crippen molar-refractivity contribution in [1.82, 2.24) is 9.55 Å². The molecule has 4 nitrogen and oxygen atoms in total. The molecular formula is C15H23N3O. The zero-order valence-electron chi connectivity index (χ0n) is 11.9. The van der Waals surface area contributed by atoms with Gasteiger partial charge in [-0.25, -0.2) is 4.98 Å². The van der Waals surface area contributed by atoms with E-state index in [0.717, 1.165) is 35.4 Å². The summed E-state index contributed by atoms with van der Waals surface area (Å²) in [6, 6.07) is 6.07. The Kier molecular flexibility index (Phi) is 4.10. The molecule has 0 aliphatic rings. The first-order chi connectivity index (χ1) is 9.08. The van der Waals surface area contributed by atoms with Crippen LogP contribution in [-0.4, -0.2) is 21.3 Å². The van der Waals surface area contributed by atoms with Crippen molar-refractivity contribution in [1.29, 1.82) is 0 Å². The van der Waals surface area contributed by atoms with Gasteiger partial charge in [0.2, 0.25) is 0 Å². The predicted octanol–water partition coefficient (Wildman–Crippen LogP) is 2.76. The van der Waals surface area contributed by atoms with Crippen molar-refractivity contribution in [3.8, 4) is 0 Å². The second-order valence-electron chi connectivity index (χ2n) is 5.30. The summed E-state index contributed by atoms with van der Waals surface area (Å²) in [4.78, 5) is 4.70. The second-order valence-corrected chi connectivity index (χ2v) is 5.30. The van der Waals surface area contributed by atoms with Crippen molar-refractivity contribution in [2.24, 2.45) is 5.92 Å². The van der Waals surface area contributed by atoms with Gasteiger partial charge in [-0.05, 0) is 37.5 Å². The summed E-state index contributed by atoms with van der Waals surface area (Å²) in [5.41, 5.74) is 8.62. The summed E-state index contributed by atoms with van der Waals surface area (Å²) in [6.45, 7) is 6.53. The van der Waals surface area contributed by atoms with E-state index in [1.165, 1.54) is 0 Å². The maximum atomic E-state index is 9.39. The zero-order valence-corrected chi connectivity index (χ0v) is 11.9. The van der Waals surface area contributed by atoms with Gasteiger partial charge in [0.1, 0.15) is 5.82 Å². The number of aliphatic hydroxyl groups is 1. The molecule has 1 aromatic carbocycles. The van der Waals surface area contributed by atoms with Gasteiger partial charge in [-0.2, -0.15) is 0 Å². The number of nitrogen functional groups attached to an aromatic ring is 1. The Balaban J connectivity index is 2.57. The van der Waals surface area contributed by atoms with Gasteiger partial charge in [-0.3, -0.25) is 0 Å². The minimum absolute atomic E-state index is 0.182. The lowest BCUT2D eigenvalue weighted by Gasteiger charge is -2.22. The molecule has 2 atom stereocenters. The molecular weight excluding hydrogens is 238 g/mol. The average Bonchev–Trinajstić information content (AvgIpc) is 2.74. The maximum absolute atomic E-state index is 9.39. The first kappa shape index (κ1) is 13.9. The summed E-state index contributed by atoms with van der Waals surface area (Å²) in [6.07, 6.45) is 2.00. The molecule has 0 saturated carbocycles. The number of imidazole rings is 1. The van der Waals surface area contributed by atoms with Crippen molar-refractivity contribution < 1.29 is 5.11 Å². The number of benzene rings is 1. The van der Waals surface area contributed by atoms with Crippen LogP contribution in [0.3, 0.4) is 0 Å². The van der Waals surface area contributed by atoms with E-state index < -0.39 is 0 Å². The Hall–Kier alpha value is -1.55. The second kappa shape index (κ2) is 5.61. The number of aryl methyl sites for hydroxylation is 1. The summed E-state index contributed by atoms with van der Waals surface area (Å²) >= 11 is 0. The quantitative estimate of drug-likeness (QED) is 0.813. The highest BCUT2D eigenvalue weighted by Crippen LogP contribution is 2.27. The van der Waals surface area contributed by atoms with Gasteiger partial charge in [0.25, 0.3) is 0 Å². The van der Waals surface area contributed by atoms with Crippen molar-refractivity contribution in [2.75, 3.05) is 12.3 Å². The van der Waals surface area contributed by atoms with Crippen LogP contribution in [0.2, 0.25) is 0 Å². The van der Waals surface area contributed by atoms with Crippen LogP contribution in [0, 0.1) is 5.92 Å². The SMILES string of the molecule is CCCc1nc2cc(N)ccc2n1C(C)C(C)CO. The van der Waals surface area contributed by atoms with Crippen LogP contribution in [0.4, 0.5) is 5.69 Å².